The zero-order valence-electron chi connectivity index (χ0n) is 8.47. The predicted molar refractivity (Wildman–Crippen MR) is 57.5 cm³/mol. The summed E-state index contributed by atoms with van der Waals surface area (Å²) >= 11 is 5.87. The van der Waals surface area contributed by atoms with Crippen molar-refractivity contribution in [3.63, 3.8) is 0 Å². The topological polar surface area (TPSA) is 42.0 Å². The number of pyridine rings is 1. The molecular weight excluding hydrogens is 200 g/mol. The first-order chi connectivity index (χ1) is 6.50. The van der Waals surface area contributed by atoms with Crippen LogP contribution < -0.4 is 5.32 Å². The lowest BCUT2D eigenvalue weighted by Crippen LogP contribution is -2.18. The molecule has 0 aliphatic carbocycles. The Labute approximate surface area is 88.5 Å². The second-order valence-corrected chi connectivity index (χ2v) is 3.83. The van der Waals surface area contributed by atoms with E-state index in [1.165, 1.54) is 0 Å². The van der Waals surface area contributed by atoms with Crippen LogP contribution in [-0.4, -0.2) is 10.9 Å². The molecule has 1 amide bonds. The van der Waals surface area contributed by atoms with E-state index < -0.39 is 0 Å². The molecular formula is C10H13ClN2O. The quantitative estimate of drug-likeness (QED) is 0.819. The van der Waals surface area contributed by atoms with Crippen LogP contribution in [0.25, 0.3) is 0 Å². The lowest BCUT2D eigenvalue weighted by Gasteiger charge is -2.08. The van der Waals surface area contributed by atoms with Gasteiger partial charge >= 0.3 is 0 Å². The maximum absolute atomic E-state index is 11.4. The van der Waals surface area contributed by atoms with Crippen molar-refractivity contribution in [3.8, 4) is 0 Å². The van der Waals surface area contributed by atoms with E-state index in [-0.39, 0.29) is 11.8 Å². The molecule has 3 nitrogen and oxygen atoms in total. The Hall–Kier alpha value is -1.09. The van der Waals surface area contributed by atoms with E-state index in [4.69, 9.17) is 11.6 Å². The van der Waals surface area contributed by atoms with Gasteiger partial charge in [-0.2, -0.15) is 0 Å². The Balaban J connectivity index is 2.86. The summed E-state index contributed by atoms with van der Waals surface area (Å²) in [6.07, 6.45) is 0. The number of halogens is 1. The molecule has 76 valence electrons. The van der Waals surface area contributed by atoms with Crippen LogP contribution in [0.1, 0.15) is 19.5 Å². The van der Waals surface area contributed by atoms with Gasteiger partial charge in [-0.05, 0) is 19.1 Å². The average molecular weight is 213 g/mol. The molecule has 0 fully saturated rings. The summed E-state index contributed by atoms with van der Waals surface area (Å²) in [6.45, 7) is 5.49. The number of nitrogens with one attached hydrogen (secondary N) is 1. The first-order valence-electron chi connectivity index (χ1n) is 4.44. The number of nitrogens with zero attached hydrogens (tertiary/aromatic N) is 1. The second kappa shape index (κ2) is 4.42. The Kier molecular flexibility index (Phi) is 3.47. The monoisotopic (exact) mass is 212 g/mol. The normalized spacial score (nSPS) is 10.4. The van der Waals surface area contributed by atoms with Crippen molar-refractivity contribution in [1.82, 2.24) is 4.98 Å². The van der Waals surface area contributed by atoms with E-state index in [1.807, 2.05) is 20.8 Å². The number of carbonyl (C=O) groups is 1. The number of carbonyl (C=O) groups excluding carboxylic acids is 1. The lowest BCUT2D eigenvalue weighted by molar-refractivity contribution is -0.118. The van der Waals surface area contributed by atoms with Crippen molar-refractivity contribution in [2.24, 2.45) is 5.92 Å². The molecule has 0 radical (unpaired) electrons. The van der Waals surface area contributed by atoms with Crippen molar-refractivity contribution < 1.29 is 4.79 Å². The van der Waals surface area contributed by atoms with Crippen molar-refractivity contribution in [2.75, 3.05) is 5.32 Å². The minimum absolute atomic E-state index is 0.0756. The zero-order valence-corrected chi connectivity index (χ0v) is 9.22. The van der Waals surface area contributed by atoms with Crippen molar-refractivity contribution in [3.05, 3.63) is 22.8 Å². The van der Waals surface area contributed by atoms with Crippen LogP contribution in [0.15, 0.2) is 12.1 Å². The summed E-state index contributed by atoms with van der Waals surface area (Å²) in [5, 5.41) is 3.13. The first-order valence-corrected chi connectivity index (χ1v) is 4.82. The van der Waals surface area contributed by atoms with Gasteiger partial charge in [0, 0.05) is 11.6 Å². The third-order valence-corrected chi connectivity index (χ3v) is 2.06. The Morgan fingerprint density at radius 2 is 2.14 bits per heavy atom. The predicted octanol–water partition coefficient (Wildman–Crippen LogP) is 2.64. The molecule has 0 saturated carbocycles. The highest BCUT2D eigenvalue weighted by molar-refractivity contribution is 6.33. The number of aryl methyl sites for hydroxylation is 1. The van der Waals surface area contributed by atoms with E-state index >= 15 is 0 Å². The van der Waals surface area contributed by atoms with Crippen LogP contribution in [0, 0.1) is 12.8 Å². The molecule has 0 aromatic carbocycles. The molecule has 0 saturated heterocycles. The summed E-state index contributed by atoms with van der Waals surface area (Å²) in [5.41, 5.74) is 0.827. The van der Waals surface area contributed by atoms with E-state index in [1.54, 1.807) is 12.1 Å². The van der Waals surface area contributed by atoms with Crippen LogP contribution in [0.4, 0.5) is 5.82 Å². The van der Waals surface area contributed by atoms with Gasteiger partial charge in [0.05, 0.1) is 5.02 Å². The Morgan fingerprint density at radius 3 is 2.71 bits per heavy atom. The zero-order chi connectivity index (χ0) is 10.7. The molecule has 0 aliphatic rings. The number of hydrogen-bond donors (Lipinski definition) is 1. The molecule has 0 atom stereocenters. The Bertz CT molecular complexity index is 350. The molecule has 1 rings (SSSR count). The van der Waals surface area contributed by atoms with Crippen LogP contribution in [0.3, 0.4) is 0 Å². The number of anilines is 1. The van der Waals surface area contributed by atoms with Crippen LogP contribution in [0.5, 0.6) is 0 Å². The van der Waals surface area contributed by atoms with E-state index in [2.05, 4.69) is 10.3 Å². The minimum Gasteiger partial charge on any atom is -0.309 e. The number of hydrogen-bond acceptors (Lipinski definition) is 2. The average Bonchev–Trinajstić information content (AvgIpc) is 2.11. The second-order valence-electron chi connectivity index (χ2n) is 3.43. The highest BCUT2D eigenvalue weighted by Gasteiger charge is 2.10. The van der Waals surface area contributed by atoms with Gasteiger partial charge in [0.2, 0.25) is 5.91 Å². The maximum atomic E-state index is 11.4. The van der Waals surface area contributed by atoms with Gasteiger partial charge in [-0.1, -0.05) is 25.4 Å². The summed E-state index contributed by atoms with van der Waals surface area (Å²) in [4.78, 5) is 15.5. The largest absolute Gasteiger partial charge is 0.309 e. The van der Waals surface area contributed by atoms with Crippen LogP contribution >= 0.6 is 11.6 Å². The van der Waals surface area contributed by atoms with Gasteiger partial charge in [-0.25, -0.2) is 4.98 Å². The number of aromatic nitrogens is 1. The highest BCUT2D eigenvalue weighted by Crippen LogP contribution is 2.19. The lowest BCUT2D eigenvalue weighted by atomic mass is 10.2. The molecule has 1 aromatic heterocycles. The molecule has 1 N–H and O–H groups in total. The van der Waals surface area contributed by atoms with Gasteiger partial charge in [-0.15, -0.1) is 0 Å². The van der Waals surface area contributed by atoms with E-state index in [0.29, 0.717) is 10.8 Å². The van der Waals surface area contributed by atoms with Gasteiger partial charge < -0.3 is 5.32 Å². The first kappa shape index (κ1) is 11.0. The molecule has 1 aromatic rings. The van der Waals surface area contributed by atoms with Crippen molar-refractivity contribution in [2.45, 2.75) is 20.8 Å². The third kappa shape index (κ3) is 2.70. The van der Waals surface area contributed by atoms with Crippen molar-refractivity contribution >= 4 is 23.3 Å². The highest BCUT2D eigenvalue weighted by atomic mass is 35.5. The fraction of sp³-hybridized carbons (Fsp3) is 0.400. The SMILES string of the molecule is Cc1ccc(Cl)c(NC(=O)C(C)C)n1. The van der Waals surface area contributed by atoms with Crippen LogP contribution in [0.2, 0.25) is 5.02 Å². The van der Waals surface area contributed by atoms with Crippen molar-refractivity contribution in [1.29, 1.82) is 0 Å². The van der Waals surface area contributed by atoms with Gasteiger partial charge in [0.1, 0.15) is 0 Å². The van der Waals surface area contributed by atoms with Gasteiger partial charge in [-0.3, -0.25) is 4.79 Å². The minimum atomic E-state index is -0.0787. The molecule has 1 heterocycles. The fourth-order valence-corrected chi connectivity index (χ4v) is 1.04. The molecule has 4 heteroatoms. The fourth-order valence-electron chi connectivity index (χ4n) is 0.888. The maximum Gasteiger partial charge on any atom is 0.228 e. The molecule has 0 aliphatic heterocycles. The standard InChI is InChI=1S/C10H13ClN2O/c1-6(2)10(14)13-9-8(11)5-4-7(3)12-9/h4-6H,1-3H3,(H,12,13,14). The molecule has 0 unspecified atom stereocenters. The van der Waals surface area contributed by atoms with Crippen LogP contribution in [-0.2, 0) is 4.79 Å². The number of rotatable bonds is 2. The summed E-state index contributed by atoms with van der Waals surface area (Å²) in [5.74, 6) is 0.281. The molecule has 0 spiro atoms. The molecule has 14 heavy (non-hydrogen) atoms. The third-order valence-electron chi connectivity index (χ3n) is 1.75. The van der Waals surface area contributed by atoms with Gasteiger partial charge in [0.15, 0.2) is 5.82 Å². The van der Waals surface area contributed by atoms with Gasteiger partial charge in [0.25, 0.3) is 0 Å². The smallest absolute Gasteiger partial charge is 0.228 e. The number of amides is 1. The Morgan fingerprint density at radius 1 is 1.50 bits per heavy atom. The summed E-state index contributed by atoms with van der Waals surface area (Å²) < 4.78 is 0. The molecule has 0 bridgehead atoms. The summed E-state index contributed by atoms with van der Waals surface area (Å²) in [7, 11) is 0. The summed E-state index contributed by atoms with van der Waals surface area (Å²) in [6, 6.07) is 3.52. The van der Waals surface area contributed by atoms with E-state index in [9.17, 15) is 4.79 Å². The van der Waals surface area contributed by atoms with E-state index in [0.717, 1.165) is 5.69 Å².